The summed E-state index contributed by atoms with van der Waals surface area (Å²) in [5.74, 6) is -2.12. The molecule has 10 heteroatoms. The average molecular weight is 532 g/mol. The first kappa shape index (κ1) is 26.2. The molecule has 2 aliphatic rings. The second-order valence-electron chi connectivity index (χ2n) is 10.1. The van der Waals surface area contributed by atoms with Crippen molar-refractivity contribution in [1.82, 2.24) is 14.9 Å². The molecule has 4 N–H and O–H groups in total. The van der Waals surface area contributed by atoms with Crippen LogP contribution in [0.4, 0.5) is 0 Å². The molecular formula is C29H29N3O7. The Hall–Kier alpha value is -4.44. The summed E-state index contributed by atoms with van der Waals surface area (Å²) in [5.41, 5.74) is 0.185. The number of hydrogen-bond acceptors (Lipinski definition) is 9. The summed E-state index contributed by atoms with van der Waals surface area (Å²) >= 11 is 0. The van der Waals surface area contributed by atoms with E-state index in [9.17, 15) is 29.7 Å². The smallest absolute Gasteiger partial charge is 0.194 e. The average Bonchev–Trinajstić information content (AvgIpc) is 3.39. The number of nitrogens with one attached hydrogen (secondary N) is 1. The Bertz CT molecular complexity index is 1660. The number of aliphatic hydroxyl groups excluding tert-OH is 1. The molecule has 10 nitrogen and oxygen atoms in total. The number of phenolic OH excluding ortho intramolecular Hbond substituents is 2. The Morgan fingerprint density at radius 2 is 1.87 bits per heavy atom. The maximum Gasteiger partial charge on any atom is 0.194 e. The van der Waals surface area contributed by atoms with Crippen LogP contribution in [0.5, 0.6) is 17.2 Å². The Labute approximate surface area is 224 Å². The minimum Gasteiger partial charge on any atom is -0.507 e. The number of para-hydroxylation sites is 2. The lowest BCUT2D eigenvalue weighted by atomic mass is 9.70. The number of ether oxygens (including phenoxy) is 1. The fraction of sp³-hybridized carbons (Fsp3) is 0.310. The number of nitrogens with zero attached hydrogens (tertiary/aromatic N) is 2. The van der Waals surface area contributed by atoms with Crippen molar-refractivity contribution in [3.05, 3.63) is 69.9 Å². The van der Waals surface area contributed by atoms with Crippen molar-refractivity contribution in [2.75, 3.05) is 6.54 Å². The molecule has 1 aromatic heterocycles. The van der Waals surface area contributed by atoms with Crippen molar-refractivity contribution < 1.29 is 34.4 Å². The van der Waals surface area contributed by atoms with Crippen LogP contribution in [0.15, 0.2) is 47.4 Å². The van der Waals surface area contributed by atoms with Crippen LogP contribution in [-0.2, 0) is 21.5 Å². The van der Waals surface area contributed by atoms with Crippen molar-refractivity contribution in [3.8, 4) is 17.2 Å². The summed E-state index contributed by atoms with van der Waals surface area (Å²) in [5, 5.41) is 34.8. The molecule has 39 heavy (non-hydrogen) atoms. The number of benzene rings is 2. The van der Waals surface area contributed by atoms with E-state index in [0.717, 1.165) is 11.0 Å². The normalized spacial score (nSPS) is 20.3. The molecule has 2 heterocycles. The van der Waals surface area contributed by atoms with Crippen LogP contribution in [0.1, 0.15) is 61.1 Å². The molecule has 0 saturated heterocycles. The van der Waals surface area contributed by atoms with E-state index in [1.807, 2.05) is 28.8 Å². The van der Waals surface area contributed by atoms with Crippen LogP contribution in [0, 0.1) is 6.92 Å². The van der Waals surface area contributed by atoms with Crippen LogP contribution in [-0.4, -0.2) is 48.8 Å². The molecule has 0 radical (unpaired) electrons. The van der Waals surface area contributed by atoms with Gasteiger partial charge in [-0.05, 0) is 46.8 Å². The highest BCUT2D eigenvalue weighted by molar-refractivity contribution is 6.31. The van der Waals surface area contributed by atoms with E-state index < -0.39 is 34.6 Å². The molecule has 2 atom stereocenters. The summed E-state index contributed by atoms with van der Waals surface area (Å²) < 4.78 is 7.68. The van der Waals surface area contributed by atoms with Crippen LogP contribution < -0.4 is 10.1 Å². The predicted molar refractivity (Wildman–Crippen MR) is 142 cm³/mol. The summed E-state index contributed by atoms with van der Waals surface area (Å²) in [6, 6.07) is 7.51. The van der Waals surface area contributed by atoms with Gasteiger partial charge in [-0.25, -0.2) is 4.98 Å². The number of carbonyl (C=O) groups is 3. The van der Waals surface area contributed by atoms with E-state index in [1.54, 1.807) is 13.8 Å². The SMILES string of the molecule is CC(=O)c1c(O)c(C)c(O)c2c1OC1=CC(=O)/C(=C(/C)NCCn3c(C(C)O)nc4ccccc43)C(=O)[C@@]12C. The number of carbonyl (C=O) groups excluding carboxylic acids is 3. The fourth-order valence-electron chi connectivity index (χ4n) is 5.45. The van der Waals surface area contributed by atoms with Crippen LogP contribution in [0.3, 0.4) is 0 Å². The summed E-state index contributed by atoms with van der Waals surface area (Å²) in [4.78, 5) is 43.9. The van der Waals surface area contributed by atoms with Crippen molar-refractivity contribution in [3.63, 3.8) is 0 Å². The number of Topliss-reactive ketones (excluding diaryl/α,β-unsaturated/α-hetero) is 2. The van der Waals surface area contributed by atoms with Crippen LogP contribution >= 0.6 is 0 Å². The molecule has 202 valence electrons. The van der Waals surface area contributed by atoms with Crippen LogP contribution in [0.25, 0.3) is 11.0 Å². The monoisotopic (exact) mass is 531 g/mol. The maximum atomic E-state index is 13.9. The first-order chi connectivity index (χ1) is 18.4. The van der Waals surface area contributed by atoms with E-state index >= 15 is 0 Å². The molecule has 0 amide bonds. The zero-order chi connectivity index (χ0) is 28.4. The Morgan fingerprint density at radius 1 is 1.18 bits per heavy atom. The topological polar surface area (TPSA) is 151 Å². The number of fused-ring (bicyclic) bond motifs is 4. The number of aromatic hydroxyl groups is 2. The number of imidazole rings is 1. The van der Waals surface area contributed by atoms with E-state index in [-0.39, 0.29) is 39.5 Å². The van der Waals surface area contributed by atoms with E-state index in [1.165, 1.54) is 26.8 Å². The van der Waals surface area contributed by atoms with Gasteiger partial charge in [-0.2, -0.15) is 0 Å². The van der Waals surface area contributed by atoms with Gasteiger partial charge in [-0.15, -0.1) is 0 Å². The van der Waals surface area contributed by atoms with Crippen molar-refractivity contribution in [1.29, 1.82) is 0 Å². The maximum absolute atomic E-state index is 13.9. The second-order valence-corrected chi connectivity index (χ2v) is 10.1. The standard InChI is InChI=1S/C29H29N3O7/c1-13-24(36)22(15(3)33)26-23(25(13)37)29(5)20(39-26)12-19(35)21(27(29)38)14(2)30-10-11-32-18-9-7-6-8-17(18)31-28(32)16(4)34/h6-9,12,16,30,34,36-37H,10-11H2,1-5H3/b21-14+/t16?,29-/m0/s1. The quantitative estimate of drug-likeness (QED) is 0.213. The Kier molecular flexibility index (Phi) is 6.10. The zero-order valence-corrected chi connectivity index (χ0v) is 22.2. The highest BCUT2D eigenvalue weighted by Crippen LogP contribution is 2.57. The largest absolute Gasteiger partial charge is 0.507 e. The minimum atomic E-state index is -1.58. The third-order valence-corrected chi connectivity index (χ3v) is 7.54. The summed E-state index contributed by atoms with van der Waals surface area (Å²) in [7, 11) is 0. The Balaban J connectivity index is 1.51. The molecule has 2 aromatic carbocycles. The van der Waals surface area contributed by atoms with Gasteiger partial charge < -0.3 is 29.9 Å². The zero-order valence-electron chi connectivity index (χ0n) is 22.2. The van der Waals surface area contributed by atoms with E-state index in [2.05, 4.69) is 10.3 Å². The second kappa shape index (κ2) is 9.09. The van der Waals surface area contributed by atoms with Gasteiger partial charge in [0.1, 0.15) is 45.9 Å². The van der Waals surface area contributed by atoms with Gasteiger partial charge in [0.15, 0.2) is 17.3 Å². The molecule has 0 saturated carbocycles. The highest BCUT2D eigenvalue weighted by Gasteiger charge is 2.56. The summed E-state index contributed by atoms with van der Waals surface area (Å²) in [6.07, 6.45) is 0.395. The first-order valence-electron chi connectivity index (χ1n) is 12.6. The van der Waals surface area contributed by atoms with Crippen molar-refractivity contribution in [2.24, 2.45) is 0 Å². The van der Waals surface area contributed by atoms with Gasteiger partial charge in [0.2, 0.25) is 0 Å². The van der Waals surface area contributed by atoms with Gasteiger partial charge in [0.25, 0.3) is 0 Å². The molecule has 0 fully saturated rings. The predicted octanol–water partition coefficient (Wildman–Crippen LogP) is 3.26. The molecule has 0 spiro atoms. The minimum absolute atomic E-state index is 0.0155. The molecule has 0 bridgehead atoms. The summed E-state index contributed by atoms with van der Waals surface area (Å²) in [6.45, 7) is 8.19. The number of phenols is 2. The van der Waals surface area contributed by atoms with Gasteiger partial charge in [0, 0.05) is 30.4 Å². The molecule has 1 aliphatic carbocycles. The molecule has 1 unspecified atom stereocenters. The van der Waals surface area contributed by atoms with Crippen molar-refractivity contribution in [2.45, 2.75) is 52.7 Å². The van der Waals surface area contributed by atoms with E-state index in [4.69, 9.17) is 4.74 Å². The number of ketones is 3. The third-order valence-electron chi connectivity index (χ3n) is 7.54. The molecule has 1 aliphatic heterocycles. The number of hydrogen-bond donors (Lipinski definition) is 4. The highest BCUT2D eigenvalue weighted by atomic mass is 16.5. The lowest BCUT2D eigenvalue weighted by Crippen LogP contribution is -2.41. The first-order valence-corrected chi connectivity index (χ1v) is 12.6. The van der Waals surface area contributed by atoms with Crippen molar-refractivity contribution >= 4 is 28.4 Å². The van der Waals surface area contributed by atoms with Gasteiger partial charge in [-0.3, -0.25) is 14.4 Å². The lowest BCUT2D eigenvalue weighted by Gasteiger charge is -2.29. The van der Waals surface area contributed by atoms with Crippen LogP contribution in [0.2, 0.25) is 0 Å². The molecule has 5 rings (SSSR count). The van der Waals surface area contributed by atoms with Gasteiger partial charge >= 0.3 is 0 Å². The van der Waals surface area contributed by atoms with Gasteiger partial charge in [-0.1, -0.05) is 12.1 Å². The fourth-order valence-corrected chi connectivity index (χ4v) is 5.45. The number of aliphatic hydroxyl groups is 1. The number of allylic oxidation sites excluding steroid dienone is 4. The number of rotatable bonds is 6. The Morgan fingerprint density at radius 3 is 2.54 bits per heavy atom. The van der Waals surface area contributed by atoms with Gasteiger partial charge in [0.05, 0.1) is 22.2 Å². The third kappa shape index (κ3) is 3.74. The molecule has 3 aromatic rings. The lowest BCUT2D eigenvalue weighted by molar-refractivity contribution is -0.123. The molecular weight excluding hydrogens is 502 g/mol. The van der Waals surface area contributed by atoms with E-state index in [0.29, 0.717) is 24.6 Å². The number of aromatic nitrogens is 2.